The van der Waals surface area contributed by atoms with Crippen molar-refractivity contribution in [3.8, 4) is 0 Å². The Morgan fingerprint density at radius 3 is 2.44 bits per heavy atom. The number of benzene rings is 1. The lowest BCUT2D eigenvalue weighted by atomic mass is 10.2. The second-order valence-electron chi connectivity index (χ2n) is 3.56. The maximum atomic E-state index is 11.6. The maximum absolute atomic E-state index is 11.6. The Hall–Kier alpha value is -1.29. The second-order valence-corrected chi connectivity index (χ2v) is 4.61. The summed E-state index contributed by atoms with van der Waals surface area (Å²) in [7, 11) is 1.33. The van der Waals surface area contributed by atoms with E-state index in [0.717, 1.165) is 11.8 Å². The summed E-state index contributed by atoms with van der Waals surface area (Å²) in [4.78, 5) is 23.7. The van der Waals surface area contributed by atoms with Gasteiger partial charge in [0.15, 0.2) is 5.12 Å². The Labute approximate surface area is 99.2 Å². The molecule has 0 saturated heterocycles. The number of methoxy groups -OCH3 is 1. The summed E-state index contributed by atoms with van der Waals surface area (Å²) < 4.78 is 4.66. The third-order valence-corrected chi connectivity index (χ3v) is 3.22. The van der Waals surface area contributed by atoms with Crippen LogP contribution in [0.3, 0.4) is 0 Å². The molecule has 0 fully saturated rings. The van der Waals surface area contributed by atoms with E-state index in [-0.39, 0.29) is 11.0 Å². The van der Waals surface area contributed by atoms with E-state index in [2.05, 4.69) is 4.74 Å². The largest absolute Gasteiger partial charge is 0.465 e. The minimum absolute atomic E-state index is 0.0383. The van der Waals surface area contributed by atoms with Crippen LogP contribution >= 0.6 is 11.8 Å². The summed E-state index contributed by atoms with van der Waals surface area (Å²) in [5.41, 5.74) is 0.434. The minimum Gasteiger partial charge on any atom is -0.465 e. The van der Waals surface area contributed by atoms with Gasteiger partial charge in [-0.2, -0.15) is 0 Å². The van der Waals surface area contributed by atoms with Gasteiger partial charge >= 0.3 is 5.97 Å². The molecule has 0 bridgehead atoms. The Bertz CT molecular complexity index is 399. The first kappa shape index (κ1) is 12.8. The molecule has 0 aliphatic heterocycles. The number of hydrogen-bond donors (Lipinski definition) is 0. The highest BCUT2D eigenvalue weighted by Crippen LogP contribution is 2.26. The van der Waals surface area contributed by atoms with Crippen LogP contribution in [0.4, 0.5) is 0 Å². The van der Waals surface area contributed by atoms with Crippen molar-refractivity contribution in [1.82, 2.24) is 0 Å². The van der Waals surface area contributed by atoms with Crippen LogP contribution in [0.1, 0.15) is 24.2 Å². The van der Waals surface area contributed by atoms with Gasteiger partial charge in [-0.25, -0.2) is 4.79 Å². The van der Waals surface area contributed by atoms with Gasteiger partial charge in [0, 0.05) is 10.8 Å². The zero-order valence-electron chi connectivity index (χ0n) is 9.52. The molecule has 1 aromatic carbocycles. The first-order chi connectivity index (χ1) is 7.56. The molecular formula is C12H14O3S. The van der Waals surface area contributed by atoms with Gasteiger partial charge in [-0.05, 0) is 12.1 Å². The van der Waals surface area contributed by atoms with Gasteiger partial charge in [-0.3, -0.25) is 4.79 Å². The third-order valence-electron chi connectivity index (χ3n) is 1.97. The van der Waals surface area contributed by atoms with E-state index in [0.29, 0.717) is 10.5 Å². The Balaban J connectivity index is 2.95. The topological polar surface area (TPSA) is 43.4 Å². The molecule has 3 nitrogen and oxygen atoms in total. The SMILES string of the molecule is COC(=O)c1ccccc1SC(=O)C(C)C. The van der Waals surface area contributed by atoms with Crippen LogP contribution in [0.2, 0.25) is 0 Å². The molecule has 4 heteroatoms. The fourth-order valence-corrected chi connectivity index (χ4v) is 1.92. The molecule has 0 saturated carbocycles. The molecule has 0 unspecified atom stereocenters. The number of carbonyl (C=O) groups excluding carboxylic acids is 2. The molecule has 0 amide bonds. The molecule has 0 N–H and O–H groups in total. The highest BCUT2D eigenvalue weighted by Gasteiger charge is 2.16. The van der Waals surface area contributed by atoms with E-state index >= 15 is 0 Å². The normalized spacial score (nSPS) is 10.2. The van der Waals surface area contributed by atoms with Gasteiger partial charge in [0.25, 0.3) is 0 Å². The van der Waals surface area contributed by atoms with E-state index in [1.807, 2.05) is 13.8 Å². The lowest BCUT2D eigenvalue weighted by molar-refractivity contribution is -0.113. The number of carbonyl (C=O) groups is 2. The number of ether oxygens (including phenoxy) is 1. The highest BCUT2D eigenvalue weighted by molar-refractivity contribution is 8.13. The maximum Gasteiger partial charge on any atom is 0.339 e. The Morgan fingerprint density at radius 2 is 1.88 bits per heavy atom. The number of thioether (sulfide) groups is 1. The zero-order valence-corrected chi connectivity index (χ0v) is 10.3. The predicted molar refractivity (Wildman–Crippen MR) is 63.5 cm³/mol. The van der Waals surface area contributed by atoms with Crippen LogP contribution in [0.25, 0.3) is 0 Å². The van der Waals surface area contributed by atoms with Crippen molar-refractivity contribution < 1.29 is 14.3 Å². The lowest BCUT2D eigenvalue weighted by Crippen LogP contribution is -2.06. The molecule has 16 heavy (non-hydrogen) atoms. The Morgan fingerprint density at radius 1 is 1.25 bits per heavy atom. The van der Waals surface area contributed by atoms with Crippen LogP contribution in [-0.2, 0) is 9.53 Å². The van der Waals surface area contributed by atoms with Crippen molar-refractivity contribution >= 4 is 22.8 Å². The van der Waals surface area contributed by atoms with Gasteiger partial charge in [-0.1, -0.05) is 37.7 Å². The quantitative estimate of drug-likeness (QED) is 0.600. The van der Waals surface area contributed by atoms with Crippen LogP contribution in [-0.4, -0.2) is 18.2 Å². The van der Waals surface area contributed by atoms with Gasteiger partial charge in [0.05, 0.1) is 12.7 Å². The molecular weight excluding hydrogens is 224 g/mol. The fourth-order valence-electron chi connectivity index (χ4n) is 1.06. The van der Waals surface area contributed by atoms with E-state index in [1.165, 1.54) is 7.11 Å². The second kappa shape index (κ2) is 5.70. The van der Waals surface area contributed by atoms with Crippen molar-refractivity contribution in [1.29, 1.82) is 0 Å². The summed E-state index contributed by atoms with van der Waals surface area (Å²) in [6.45, 7) is 3.66. The van der Waals surface area contributed by atoms with Gasteiger partial charge < -0.3 is 4.74 Å². The van der Waals surface area contributed by atoms with Crippen molar-refractivity contribution in [2.24, 2.45) is 5.92 Å². The Kier molecular flexibility index (Phi) is 4.55. The van der Waals surface area contributed by atoms with E-state index in [4.69, 9.17) is 0 Å². The van der Waals surface area contributed by atoms with E-state index in [9.17, 15) is 9.59 Å². The lowest BCUT2D eigenvalue weighted by Gasteiger charge is -2.07. The van der Waals surface area contributed by atoms with Crippen molar-refractivity contribution in [3.05, 3.63) is 29.8 Å². The van der Waals surface area contributed by atoms with Crippen LogP contribution in [0.15, 0.2) is 29.2 Å². The summed E-state index contributed by atoms with van der Waals surface area (Å²) in [6, 6.07) is 6.94. The smallest absolute Gasteiger partial charge is 0.339 e. The average molecular weight is 238 g/mol. The number of esters is 1. The molecule has 0 aliphatic carbocycles. The third kappa shape index (κ3) is 3.10. The predicted octanol–water partition coefficient (Wildman–Crippen LogP) is 2.75. The van der Waals surface area contributed by atoms with Crippen LogP contribution in [0.5, 0.6) is 0 Å². The number of hydrogen-bond acceptors (Lipinski definition) is 4. The zero-order chi connectivity index (χ0) is 12.1. The van der Waals surface area contributed by atoms with E-state index in [1.54, 1.807) is 24.3 Å². The van der Waals surface area contributed by atoms with Gasteiger partial charge in [0.1, 0.15) is 0 Å². The molecule has 0 heterocycles. The minimum atomic E-state index is -0.417. The molecule has 0 spiro atoms. The molecule has 0 aromatic heterocycles. The summed E-state index contributed by atoms with van der Waals surface area (Å²) in [6.07, 6.45) is 0. The molecule has 0 radical (unpaired) electrons. The standard InChI is InChI=1S/C12H14O3S/c1-8(2)12(14)16-10-7-5-4-6-9(10)11(13)15-3/h4-8H,1-3H3. The van der Waals surface area contributed by atoms with Gasteiger partial charge in [-0.15, -0.1) is 0 Å². The fraction of sp³-hybridized carbons (Fsp3) is 0.333. The molecule has 86 valence electrons. The summed E-state index contributed by atoms with van der Waals surface area (Å²) in [5.74, 6) is -0.477. The first-order valence-corrected chi connectivity index (χ1v) is 5.77. The van der Waals surface area contributed by atoms with E-state index < -0.39 is 5.97 Å². The van der Waals surface area contributed by atoms with Crippen LogP contribution < -0.4 is 0 Å². The van der Waals surface area contributed by atoms with Crippen LogP contribution in [0, 0.1) is 5.92 Å². The molecule has 1 aromatic rings. The van der Waals surface area contributed by atoms with Crippen molar-refractivity contribution in [2.45, 2.75) is 18.7 Å². The molecule has 0 aliphatic rings. The molecule has 0 atom stereocenters. The highest BCUT2D eigenvalue weighted by atomic mass is 32.2. The molecule has 1 rings (SSSR count). The number of rotatable bonds is 3. The summed E-state index contributed by atoms with van der Waals surface area (Å²) >= 11 is 1.08. The monoisotopic (exact) mass is 238 g/mol. The average Bonchev–Trinajstić information content (AvgIpc) is 2.28. The van der Waals surface area contributed by atoms with Crippen molar-refractivity contribution in [3.63, 3.8) is 0 Å². The van der Waals surface area contributed by atoms with Crippen molar-refractivity contribution in [2.75, 3.05) is 7.11 Å². The first-order valence-electron chi connectivity index (χ1n) is 4.95. The van der Waals surface area contributed by atoms with Gasteiger partial charge in [0.2, 0.25) is 0 Å². The summed E-state index contributed by atoms with van der Waals surface area (Å²) in [5, 5.41) is 0.0383.